The number of anilines is 2. The summed E-state index contributed by atoms with van der Waals surface area (Å²) in [6.07, 6.45) is 1.16. The Hall–Kier alpha value is -3.35. The molecule has 7 nitrogen and oxygen atoms in total. The molecule has 1 aliphatic rings. The minimum absolute atomic E-state index is 0.0309. The highest BCUT2D eigenvalue weighted by Gasteiger charge is 2.21. The van der Waals surface area contributed by atoms with Gasteiger partial charge in [-0.05, 0) is 56.5 Å². The van der Waals surface area contributed by atoms with Crippen molar-refractivity contribution in [1.29, 1.82) is 0 Å². The van der Waals surface area contributed by atoms with Gasteiger partial charge >= 0.3 is 5.97 Å². The van der Waals surface area contributed by atoms with Crippen molar-refractivity contribution in [2.75, 3.05) is 29.9 Å². The highest BCUT2D eigenvalue weighted by Crippen LogP contribution is 2.31. The Balaban J connectivity index is 1.54. The second kappa shape index (κ2) is 10.1. The van der Waals surface area contributed by atoms with Gasteiger partial charge in [0.25, 0.3) is 5.91 Å². The largest absolute Gasteiger partial charge is 0.462 e. The SMILES string of the molecule is CCN(CCOC(=O)[C@H](C)NC(=O)c1ccccc1C)c1cccc2c1CCC(=O)N2. The normalized spacial score (nSPS) is 13.6. The molecule has 164 valence electrons. The van der Waals surface area contributed by atoms with Gasteiger partial charge in [0, 0.05) is 29.9 Å². The van der Waals surface area contributed by atoms with E-state index in [2.05, 4.69) is 15.5 Å². The molecule has 0 fully saturated rings. The van der Waals surface area contributed by atoms with E-state index >= 15 is 0 Å². The van der Waals surface area contributed by atoms with Crippen molar-refractivity contribution in [2.45, 2.75) is 39.7 Å². The van der Waals surface area contributed by atoms with Gasteiger partial charge in [0.05, 0.1) is 6.54 Å². The van der Waals surface area contributed by atoms with Gasteiger partial charge in [-0.15, -0.1) is 0 Å². The maximum atomic E-state index is 12.4. The molecule has 3 rings (SSSR count). The molecule has 1 atom stereocenters. The first-order valence-corrected chi connectivity index (χ1v) is 10.6. The summed E-state index contributed by atoms with van der Waals surface area (Å²) in [4.78, 5) is 38.5. The second-order valence-electron chi connectivity index (χ2n) is 7.61. The van der Waals surface area contributed by atoms with Crippen molar-refractivity contribution in [3.63, 3.8) is 0 Å². The van der Waals surface area contributed by atoms with Crippen LogP contribution in [0.3, 0.4) is 0 Å². The van der Waals surface area contributed by atoms with Crippen LogP contribution in [0.15, 0.2) is 42.5 Å². The maximum absolute atomic E-state index is 12.4. The molecule has 0 aliphatic carbocycles. The Kier molecular flexibility index (Phi) is 7.28. The number of hydrogen-bond acceptors (Lipinski definition) is 5. The minimum Gasteiger partial charge on any atom is -0.462 e. The zero-order valence-corrected chi connectivity index (χ0v) is 18.2. The summed E-state index contributed by atoms with van der Waals surface area (Å²) in [5.41, 5.74) is 4.38. The molecule has 0 saturated carbocycles. The number of nitrogens with zero attached hydrogens (tertiary/aromatic N) is 1. The van der Waals surface area contributed by atoms with Gasteiger partial charge in [-0.1, -0.05) is 24.3 Å². The fraction of sp³-hybridized carbons (Fsp3) is 0.375. The Morgan fingerprint density at radius 2 is 1.94 bits per heavy atom. The predicted octanol–water partition coefficient (Wildman–Crippen LogP) is 3.07. The average Bonchev–Trinajstić information content (AvgIpc) is 2.76. The molecule has 2 N–H and O–H groups in total. The van der Waals surface area contributed by atoms with E-state index in [-0.39, 0.29) is 18.4 Å². The van der Waals surface area contributed by atoms with Crippen molar-refractivity contribution in [1.82, 2.24) is 5.32 Å². The smallest absolute Gasteiger partial charge is 0.328 e. The molecule has 7 heteroatoms. The van der Waals surface area contributed by atoms with E-state index in [1.54, 1.807) is 19.1 Å². The molecule has 1 aliphatic heterocycles. The van der Waals surface area contributed by atoms with E-state index < -0.39 is 12.0 Å². The number of likely N-dealkylation sites (N-methyl/N-ethyl adjacent to an activating group) is 1. The van der Waals surface area contributed by atoms with Gasteiger partial charge in [-0.2, -0.15) is 0 Å². The lowest BCUT2D eigenvalue weighted by Gasteiger charge is -2.29. The van der Waals surface area contributed by atoms with Crippen LogP contribution in [0.1, 0.15) is 41.8 Å². The number of esters is 1. The number of nitrogens with one attached hydrogen (secondary N) is 2. The van der Waals surface area contributed by atoms with Crippen LogP contribution in [-0.2, 0) is 20.7 Å². The molecule has 0 radical (unpaired) electrons. The molecule has 2 amide bonds. The highest BCUT2D eigenvalue weighted by atomic mass is 16.5. The van der Waals surface area contributed by atoms with Crippen LogP contribution in [0, 0.1) is 6.92 Å². The van der Waals surface area contributed by atoms with Crippen molar-refractivity contribution < 1.29 is 19.1 Å². The summed E-state index contributed by atoms with van der Waals surface area (Å²) in [5, 5.41) is 5.61. The summed E-state index contributed by atoms with van der Waals surface area (Å²) in [6.45, 7) is 6.96. The predicted molar refractivity (Wildman–Crippen MR) is 120 cm³/mol. The van der Waals surface area contributed by atoms with Crippen molar-refractivity contribution in [3.05, 3.63) is 59.2 Å². The molecule has 1 heterocycles. The molecule has 2 aromatic carbocycles. The molecular weight excluding hydrogens is 394 g/mol. The third-order valence-corrected chi connectivity index (χ3v) is 5.45. The molecular formula is C24H29N3O4. The van der Waals surface area contributed by atoms with E-state index in [9.17, 15) is 14.4 Å². The first-order valence-electron chi connectivity index (χ1n) is 10.6. The van der Waals surface area contributed by atoms with E-state index in [4.69, 9.17) is 4.74 Å². The van der Waals surface area contributed by atoms with Crippen LogP contribution in [-0.4, -0.2) is 43.5 Å². The fourth-order valence-corrected chi connectivity index (χ4v) is 3.69. The zero-order chi connectivity index (χ0) is 22.4. The number of carbonyl (C=O) groups is 3. The Labute approximate surface area is 182 Å². The van der Waals surface area contributed by atoms with Crippen molar-refractivity contribution >= 4 is 29.2 Å². The maximum Gasteiger partial charge on any atom is 0.328 e. The standard InChI is InChI=1S/C24H29N3O4/c1-4-27(21-11-7-10-20-19(21)12-13-22(28)26-20)14-15-31-24(30)17(3)25-23(29)18-9-6-5-8-16(18)2/h5-11,17H,4,12-15H2,1-3H3,(H,25,29)(H,26,28)/t17-/m0/s1. The van der Waals surface area contributed by atoms with Crippen LogP contribution >= 0.6 is 0 Å². The summed E-state index contributed by atoms with van der Waals surface area (Å²) in [7, 11) is 0. The lowest BCUT2D eigenvalue weighted by molar-refractivity contribution is -0.145. The third-order valence-electron chi connectivity index (χ3n) is 5.45. The number of benzene rings is 2. The van der Waals surface area contributed by atoms with E-state index in [0.29, 0.717) is 24.9 Å². The van der Waals surface area contributed by atoms with Gasteiger partial charge in [0.2, 0.25) is 5.91 Å². The van der Waals surface area contributed by atoms with Crippen molar-refractivity contribution in [2.24, 2.45) is 0 Å². The number of rotatable bonds is 8. The molecule has 2 aromatic rings. The molecule has 0 saturated heterocycles. The molecule has 31 heavy (non-hydrogen) atoms. The molecule has 0 bridgehead atoms. The lowest BCUT2D eigenvalue weighted by Crippen LogP contribution is -2.40. The molecule has 0 aromatic heterocycles. The number of fused-ring (bicyclic) bond motifs is 1. The Bertz CT molecular complexity index is 973. The number of aryl methyl sites for hydroxylation is 1. The quantitative estimate of drug-likeness (QED) is 0.637. The van der Waals surface area contributed by atoms with E-state index in [1.807, 2.05) is 44.2 Å². The number of hydrogen-bond donors (Lipinski definition) is 2. The molecule has 0 spiro atoms. The second-order valence-corrected chi connectivity index (χ2v) is 7.61. The average molecular weight is 424 g/mol. The van der Waals surface area contributed by atoms with Gasteiger partial charge in [0.15, 0.2) is 0 Å². The number of amides is 2. The monoisotopic (exact) mass is 423 g/mol. The summed E-state index contributed by atoms with van der Waals surface area (Å²) >= 11 is 0. The van der Waals surface area contributed by atoms with Crippen LogP contribution in [0.2, 0.25) is 0 Å². The van der Waals surface area contributed by atoms with Crippen LogP contribution in [0.25, 0.3) is 0 Å². The fourth-order valence-electron chi connectivity index (χ4n) is 3.69. The van der Waals surface area contributed by atoms with Gasteiger partial charge in [0.1, 0.15) is 12.6 Å². The number of ether oxygens (including phenoxy) is 1. The van der Waals surface area contributed by atoms with Gasteiger partial charge < -0.3 is 20.3 Å². The topological polar surface area (TPSA) is 87.7 Å². The van der Waals surface area contributed by atoms with Crippen LogP contribution in [0.5, 0.6) is 0 Å². The first-order chi connectivity index (χ1) is 14.9. The van der Waals surface area contributed by atoms with Crippen LogP contribution in [0.4, 0.5) is 11.4 Å². The lowest BCUT2D eigenvalue weighted by atomic mass is 10.00. The first kappa shape index (κ1) is 22.3. The van der Waals surface area contributed by atoms with Gasteiger partial charge in [-0.3, -0.25) is 9.59 Å². The van der Waals surface area contributed by atoms with Crippen molar-refractivity contribution in [3.8, 4) is 0 Å². The molecule has 0 unspecified atom stereocenters. The number of carbonyl (C=O) groups excluding carboxylic acids is 3. The van der Waals surface area contributed by atoms with Crippen LogP contribution < -0.4 is 15.5 Å². The third kappa shape index (κ3) is 5.42. The minimum atomic E-state index is -0.748. The zero-order valence-electron chi connectivity index (χ0n) is 18.2. The van der Waals surface area contributed by atoms with E-state index in [0.717, 1.165) is 29.0 Å². The van der Waals surface area contributed by atoms with E-state index in [1.165, 1.54) is 0 Å². The summed E-state index contributed by atoms with van der Waals surface area (Å²) in [5.74, 6) is -0.737. The highest BCUT2D eigenvalue weighted by molar-refractivity contribution is 5.98. The Morgan fingerprint density at radius 3 is 2.68 bits per heavy atom. The Morgan fingerprint density at radius 1 is 1.16 bits per heavy atom. The van der Waals surface area contributed by atoms with Gasteiger partial charge in [-0.25, -0.2) is 4.79 Å². The summed E-state index contributed by atoms with van der Waals surface area (Å²) < 4.78 is 5.42. The summed E-state index contributed by atoms with van der Waals surface area (Å²) in [6, 6.07) is 12.3.